The summed E-state index contributed by atoms with van der Waals surface area (Å²) in [7, 11) is 0. The van der Waals surface area contributed by atoms with Crippen molar-refractivity contribution in [3.63, 3.8) is 0 Å². The van der Waals surface area contributed by atoms with Gasteiger partial charge in [-0.05, 0) is 0 Å². The van der Waals surface area contributed by atoms with E-state index in [9.17, 15) is 0 Å². The molecule has 50 valence electrons. The first kappa shape index (κ1) is 8.43. The van der Waals surface area contributed by atoms with Crippen molar-refractivity contribution in [2.24, 2.45) is 0 Å². The van der Waals surface area contributed by atoms with E-state index in [4.69, 9.17) is 0 Å². The molecule has 0 heterocycles. The fraction of sp³-hybridized carbons (Fsp3) is 0.857. The normalized spacial score (nSPS) is 11.9. The summed E-state index contributed by atoms with van der Waals surface area (Å²) in [5.74, 6) is 0. The predicted octanol–water partition coefficient (Wildman–Crippen LogP) is 2.51. The molecule has 0 atom stereocenters. The van der Waals surface area contributed by atoms with Gasteiger partial charge < -0.3 is 0 Å². The number of hydrogen-bond acceptors (Lipinski definition) is 0. The van der Waals surface area contributed by atoms with Gasteiger partial charge in [0, 0.05) is 0 Å². The van der Waals surface area contributed by atoms with Crippen molar-refractivity contribution >= 4 is 18.4 Å². The van der Waals surface area contributed by atoms with Gasteiger partial charge in [-0.1, -0.05) is 0 Å². The Labute approximate surface area is 55.3 Å². The first-order chi connectivity index (χ1) is 3.68. The topological polar surface area (TPSA) is 0 Å². The van der Waals surface area contributed by atoms with E-state index in [2.05, 4.69) is 26.1 Å². The summed E-state index contributed by atoms with van der Waals surface area (Å²) >= 11 is -1.23. The Kier molecular flexibility index (Phi) is 3.64. The van der Waals surface area contributed by atoms with E-state index < -0.39 is 13.1 Å². The zero-order chi connectivity index (χ0) is 6.62. The summed E-state index contributed by atoms with van der Waals surface area (Å²) in [6.45, 7) is 6.85. The second kappa shape index (κ2) is 3.45. The molecule has 0 fully saturated rings. The minimum absolute atomic E-state index is 1.23. The molecular weight excluding hydrogens is 159 g/mol. The van der Waals surface area contributed by atoms with E-state index in [1.165, 1.54) is 15.6 Å². The van der Waals surface area contributed by atoms with Crippen LogP contribution in [0.15, 0.2) is 0 Å². The van der Waals surface area contributed by atoms with Crippen molar-refractivity contribution in [2.75, 3.05) is 0 Å². The summed E-state index contributed by atoms with van der Waals surface area (Å²) in [6.07, 6.45) is 0. The van der Waals surface area contributed by atoms with Gasteiger partial charge in [0.05, 0.1) is 0 Å². The van der Waals surface area contributed by atoms with Crippen molar-refractivity contribution in [2.45, 2.75) is 36.4 Å². The SMILES string of the molecule is C=[As](CC)(CC)CC. The van der Waals surface area contributed by atoms with E-state index in [1.807, 2.05) is 0 Å². The van der Waals surface area contributed by atoms with Gasteiger partial charge in [-0.3, -0.25) is 0 Å². The third kappa shape index (κ3) is 2.13. The third-order valence-corrected chi connectivity index (χ3v) is 10.5. The zero-order valence-electron chi connectivity index (χ0n) is 6.28. The van der Waals surface area contributed by atoms with E-state index in [-0.39, 0.29) is 0 Å². The average Bonchev–Trinajstić information content (AvgIpc) is 1.87. The van der Waals surface area contributed by atoms with Gasteiger partial charge in [0.1, 0.15) is 0 Å². The van der Waals surface area contributed by atoms with Crippen LogP contribution in [0.5, 0.6) is 0 Å². The maximum absolute atomic E-state index is 4.30. The van der Waals surface area contributed by atoms with Crippen LogP contribution >= 0.6 is 0 Å². The number of hydrogen-bond donors (Lipinski definition) is 0. The van der Waals surface area contributed by atoms with Crippen LogP contribution < -0.4 is 0 Å². The molecule has 0 aromatic rings. The Hall–Kier alpha value is 0.428. The van der Waals surface area contributed by atoms with E-state index in [1.54, 1.807) is 0 Å². The molecule has 0 bridgehead atoms. The van der Waals surface area contributed by atoms with Crippen LogP contribution in [0.3, 0.4) is 0 Å². The van der Waals surface area contributed by atoms with Crippen molar-refractivity contribution in [1.29, 1.82) is 0 Å². The Morgan fingerprint density at radius 2 is 1.25 bits per heavy atom. The first-order valence-electron chi connectivity index (χ1n) is 3.39. The van der Waals surface area contributed by atoms with Gasteiger partial charge >= 0.3 is 54.8 Å². The molecule has 0 saturated carbocycles. The van der Waals surface area contributed by atoms with Gasteiger partial charge in [0.25, 0.3) is 0 Å². The number of rotatable bonds is 3. The van der Waals surface area contributed by atoms with Crippen LogP contribution in [0, 0.1) is 0 Å². The molecule has 0 aliphatic heterocycles. The van der Waals surface area contributed by atoms with Crippen LogP contribution in [0.1, 0.15) is 20.8 Å². The Morgan fingerprint density at radius 3 is 1.25 bits per heavy atom. The second-order valence-electron chi connectivity index (χ2n) is 2.29. The first-order valence-corrected chi connectivity index (χ1v) is 8.69. The predicted molar refractivity (Wildman–Crippen MR) is 44.3 cm³/mol. The molecule has 0 unspecified atom stereocenters. The molecule has 0 aromatic heterocycles. The van der Waals surface area contributed by atoms with Crippen molar-refractivity contribution in [1.82, 2.24) is 0 Å². The van der Waals surface area contributed by atoms with Gasteiger partial charge in [0.2, 0.25) is 0 Å². The van der Waals surface area contributed by atoms with Crippen LogP contribution in [0.4, 0.5) is 0 Å². The Morgan fingerprint density at radius 1 is 1.00 bits per heavy atom. The Balaban J connectivity index is 3.79. The molecule has 0 rings (SSSR count). The average molecular weight is 176 g/mol. The van der Waals surface area contributed by atoms with Crippen LogP contribution in [0.25, 0.3) is 0 Å². The summed E-state index contributed by atoms with van der Waals surface area (Å²) in [6, 6.07) is 0. The molecule has 0 aliphatic carbocycles. The summed E-state index contributed by atoms with van der Waals surface area (Å²) in [4.78, 5) is 0. The van der Waals surface area contributed by atoms with Gasteiger partial charge in [-0.15, -0.1) is 0 Å². The van der Waals surface area contributed by atoms with Crippen molar-refractivity contribution in [3.8, 4) is 0 Å². The quantitative estimate of drug-likeness (QED) is 0.579. The molecule has 0 nitrogen and oxygen atoms in total. The molecule has 0 aliphatic rings. The van der Waals surface area contributed by atoms with Crippen molar-refractivity contribution < 1.29 is 0 Å². The molecule has 0 saturated heterocycles. The zero-order valence-corrected chi connectivity index (χ0v) is 8.15. The molecule has 1 heteroatoms. The van der Waals surface area contributed by atoms with E-state index >= 15 is 0 Å². The molecule has 0 spiro atoms. The fourth-order valence-corrected chi connectivity index (χ4v) is 3.49. The van der Waals surface area contributed by atoms with Crippen molar-refractivity contribution in [3.05, 3.63) is 0 Å². The summed E-state index contributed by atoms with van der Waals surface area (Å²) in [5, 5.41) is 8.44. The molecule has 0 aromatic carbocycles. The fourth-order valence-electron chi connectivity index (χ4n) is 0.671. The molecule has 0 amide bonds. The second-order valence-corrected chi connectivity index (χ2v) is 11.9. The van der Waals surface area contributed by atoms with Gasteiger partial charge in [-0.2, -0.15) is 0 Å². The molecular formula is C7H17As. The van der Waals surface area contributed by atoms with E-state index in [0.29, 0.717) is 0 Å². The van der Waals surface area contributed by atoms with E-state index in [0.717, 1.165) is 0 Å². The molecule has 0 N–H and O–H groups in total. The third-order valence-electron chi connectivity index (χ3n) is 2.01. The summed E-state index contributed by atoms with van der Waals surface area (Å²) < 4.78 is 0. The summed E-state index contributed by atoms with van der Waals surface area (Å²) in [5.41, 5.74) is 0. The maximum atomic E-state index is 4.30. The molecule has 8 heavy (non-hydrogen) atoms. The van der Waals surface area contributed by atoms with Crippen LogP contribution in [-0.2, 0) is 0 Å². The molecule has 0 radical (unpaired) electrons. The van der Waals surface area contributed by atoms with Crippen LogP contribution in [-0.4, -0.2) is 18.4 Å². The van der Waals surface area contributed by atoms with Gasteiger partial charge in [-0.25, -0.2) is 0 Å². The minimum atomic E-state index is -1.23. The van der Waals surface area contributed by atoms with Crippen LogP contribution in [0.2, 0.25) is 15.6 Å². The van der Waals surface area contributed by atoms with Gasteiger partial charge in [0.15, 0.2) is 0 Å². The Bertz CT molecular complexity index is 75.5. The monoisotopic (exact) mass is 176 g/mol. The standard InChI is InChI=1S/C7H17As/c1-5-8(4,6-2)7-3/h4-7H2,1-3H3.